The number of nitrogens with one attached hydrogen (secondary N) is 1. The van der Waals surface area contributed by atoms with Crippen LogP contribution >= 0.6 is 0 Å². The Hall–Kier alpha value is -3.02. The Morgan fingerprint density at radius 3 is 2.59 bits per heavy atom. The van der Waals surface area contributed by atoms with Gasteiger partial charge < -0.3 is 15.1 Å². The van der Waals surface area contributed by atoms with E-state index in [1.165, 1.54) is 16.8 Å². The number of fused-ring (bicyclic) bond motifs is 1. The van der Waals surface area contributed by atoms with Crippen LogP contribution in [0, 0.1) is 13.8 Å². The predicted octanol–water partition coefficient (Wildman–Crippen LogP) is 3.54. The maximum Gasteiger partial charge on any atom is 0.321 e. The van der Waals surface area contributed by atoms with Crippen LogP contribution in [-0.2, 0) is 7.05 Å². The van der Waals surface area contributed by atoms with Crippen molar-refractivity contribution in [3.05, 3.63) is 53.7 Å². The third-order valence-electron chi connectivity index (χ3n) is 5.27. The van der Waals surface area contributed by atoms with Crippen molar-refractivity contribution in [3.63, 3.8) is 0 Å². The topological polar surface area (TPSA) is 53.4 Å². The fourth-order valence-electron chi connectivity index (χ4n) is 3.65. The normalized spacial score (nSPS) is 14.6. The van der Waals surface area contributed by atoms with E-state index >= 15 is 0 Å². The Labute approximate surface area is 159 Å². The summed E-state index contributed by atoms with van der Waals surface area (Å²) in [7, 11) is 1.91. The van der Waals surface area contributed by atoms with Crippen molar-refractivity contribution >= 4 is 28.3 Å². The molecule has 27 heavy (non-hydrogen) atoms. The molecule has 3 aromatic rings. The van der Waals surface area contributed by atoms with Gasteiger partial charge in [0, 0.05) is 50.0 Å². The third kappa shape index (κ3) is 3.47. The van der Waals surface area contributed by atoms with Gasteiger partial charge in [-0.25, -0.2) is 4.79 Å². The molecule has 1 saturated heterocycles. The standard InChI is InChI=1S/C21H25N5O/c1-15-4-5-16(2)20(12-15)25-8-10-26(11-9-25)21(27)23-18-6-7-19-17(13-18)14-22-24(19)3/h4-7,12-14H,8-11H2,1-3H3,(H,23,27). The predicted molar refractivity (Wildman–Crippen MR) is 109 cm³/mol. The summed E-state index contributed by atoms with van der Waals surface area (Å²) in [5.41, 5.74) is 5.68. The second-order valence-corrected chi connectivity index (χ2v) is 7.24. The molecule has 1 aromatic heterocycles. The number of carbonyl (C=O) groups excluding carboxylic acids is 1. The van der Waals surface area contributed by atoms with E-state index in [1.54, 1.807) is 0 Å². The minimum atomic E-state index is -0.0427. The van der Waals surface area contributed by atoms with E-state index in [1.807, 2.05) is 41.0 Å². The SMILES string of the molecule is Cc1ccc(C)c(N2CCN(C(=O)Nc3ccc4c(cnn4C)c3)CC2)c1. The minimum Gasteiger partial charge on any atom is -0.368 e. The molecule has 1 aliphatic rings. The van der Waals surface area contributed by atoms with Gasteiger partial charge in [0.2, 0.25) is 0 Å². The van der Waals surface area contributed by atoms with Crippen molar-refractivity contribution in [1.29, 1.82) is 0 Å². The number of nitrogens with zero attached hydrogens (tertiary/aromatic N) is 4. The van der Waals surface area contributed by atoms with Crippen LogP contribution in [0.1, 0.15) is 11.1 Å². The first-order chi connectivity index (χ1) is 13.0. The Balaban J connectivity index is 1.40. The Kier molecular flexibility index (Phi) is 4.48. The molecule has 0 aliphatic carbocycles. The summed E-state index contributed by atoms with van der Waals surface area (Å²) < 4.78 is 1.83. The molecule has 2 heterocycles. The maximum atomic E-state index is 12.6. The Bertz CT molecular complexity index is 985. The molecule has 6 nitrogen and oxygen atoms in total. The average Bonchev–Trinajstić information content (AvgIpc) is 3.04. The van der Waals surface area contributed by atoms with Gasteiger partial charge in [-0.1, -0.05) is 12.1 Å². The number of benzene rings is 2. The largest absolute Gasteiger partial charge is 0.368 e. The lowest BCUT2D eigenvalue weighted by molar-refractivity contribution is 0.208. The van der Waals surface area contributed by atoms with Gasteiger partial charge in [-0.2, -0.15) is 5.10 Å². The molecule has 1 N–H and O–H groups in total. The lowest BCUT2D eigenvalue weighted by atomic mass is 10.1. The van der Waals surface area contributed by atoms with Crippen LogP contribution in [0.5, 0.6) is 0 Å². The number of aromatic nitrogens is 2. The van der Waals surface area contributed by atoms with Crippen LogP contribution in [0.15, 0.2) is 42.6 Å². The highest BCUT2D eigenvalue weighted by Gasteiger charge is 2.22. The van der Waals surface area contributed by atoms with Crippen molar-refractivity contribution in [1.82, 2.24) is 14.7 Å². The number of anilines is 2. The summed E-state index contributed by atoms with van der Waals surface area (Å²) >= 11 is 0. The quantitative estimate of drug-likeness (QED) is 0.758. The minimum absolute atomic E-state index is 0.0427. The van der Waals surface area contributed by atoms with Crippen LogP contribution in [-0.4, -0.2) is 46.9 Å². The molecule has 2 amide bonds. The van der Waals surface area contributed by atoms with Gasteiger partial charge >= 0.3 is 6.03 Å². The molecule has 140 valence electrons. The van der Waals surface area contributed by atoms with Gasteiger partial charge in [0.25, 0.3) is 0 Å². The van der Waals surface area contributed by atoms with E-state index in [-0.39, 0.29) is 6.03 Å². The number of aryl methyl sites for hydroxylation is 3. The number of amides is 2. The fourth-order valence-corrected chi connectivity index (χ4v) is 3.65. The van der Waals surface area contributed by atoms with Gasteiger partial charge in [0.15, 0.2) is 0 Å². The van der Waals surface area contributed by atoms with Crippen LogP contribution in [0.4, 0.5) is 16.2 Å². The van der Waals surface area contributed by atoms with Gasteiger partial charge in [0.1, 0.15) is 0 Å². The molecule has 1 aliphatic heterocycles. The smallest absolute Gasteiger partial charge is 0.321 e. The molecule has 2 aromatic carbocycles. The summed E-state index contributed by atoms with van der Waals surface area (Å²) in [4.78, 5) is 16.9. The zero-order valence-electron chi connectivity index (χ0n) is 16.1. The average molecular weight is 363 g/mol. The van der Waals surface area contributed by atoms with Crippen LogP contribution in [0.3, 0.4) is 0 Å². The van der Waals surface area contributed by atoms with Gasteiger partial charge in [0.05, 0.1) is 11.7 Å². The first-order valence-electron chi connectivity index (χ1n) is 9.31. The van der Waals surface area contributed by atoms with E-state index in [9.17, 15) is 4.79 Å². The molecule has 0 spiro atoms. The van der Waals surface area contributed by atoms with Crippen LogP contribution < -0.4 is 10.2 Å². The highest BCUT2D eigenvalue weighted by molar-refractivity contribution is 5.92. The first kappa shape index (κ1) is 17.4. The Morgan fingerprint density at radius 1 is 1.04 bits per heavy atom. The van der Waals surface area contributed by atoms with E-state index in [0.29, 0.717) is 13.1 Å². The number of rotatable bonds is 2. The summed E-state index contributed by atoms with van der Waals surface area (Å²) in [6.07, 6.45) is 1.81. The molecule has 6 heteroatoms. The highest BCUT2D eigenvalue weighted by Crippen LogP contribution is 2.23. The fraction of sp³-hybridized carbons (Fsp3) is 0.333. The zero-order chi connectivity index (χ0) is 19.0. The summed E-state index contributed by atoms with van der Waals surface area (Å²) in [5, 5.41) is 8.29. The van der Waals surface area contributed by atoms with E-state index < -0.39 is 0 Å². The van der Waals surface area contributed by atoms with Gasteiger partial charge in [-0.05, 0) is 49.2 Å². The second-order valence-electron chi connectivity index (χ2n) is 7.24. The molecule has 1 fully saturated rings. The van der Waals surface area contributed by atoms with Crippen molar-refractivity contribution in [2.75, 3.05) is 36.4 Å². The summed E-state index contributed by atoms with van der Waals surface area (Å²) in [6.45, 7) is 7.38. The van der Waals surface area contributed by atoms with E-state index in [0.717, 1.165) is 29.7 Å². The Morgan fingerprint density at radius 2 is 1.81 bits per heavy atom. The molecule has 4 rings (SSSR count). The third-order valence-corrected chi connectivity index (χ3v) is 5.27. The molecule has 0 radical (unpaired) electrons. The highest BCUT2D eigenvalue weighted by atomic mass is 16.2. The number of piperazine rings is 1. The maximum absolute atomic E-state index is 12.6. The lowest BCUT2D eigenvalue weighted by Crippen LogP contribution is -2.50. The van der Waals surface area contributed by atoms with E-state index in [4.69, 9.17) is 0 Å². The lowest BCUT2D eigenvalue weighted by Gasteiger charge is -2.36. The summed E-state index contributed by atoms with van der Waals surface area (Å²) in [6, 6.07) is 12.4. The van der Waals surface area contributed by atoms with Crippen molar-refractivity contribution in [2.45, 2.75) is 13.8 Å². The molecule has 0 atom stereocenters. The van der Waals surface area contributed by atoms with Crippen molar-refractivity contribution in [2.24, 2.45) is 7.05 Å². The first-order valence-corrected chi connectivity index (χ1v) is 9.31. The van der Waals surface area contributed by atoms with Crippen molar-refractivity contribution in [3.8, 4) is 0 Å². The molecular weight excluding hydrogens is 338 g/mol. The molecule has 0 unspecified atom stereocenters. The number of hydrogen-bond donors (Lipinski definition) is 1. The summed E-state index contributed by atoms with van der Waals surface area (Å²) in [5.74, 6) is 0. The van der Waals surface area contributed by atoms with Crippen LogP contribution in [0.2, 0.25) is 0 Å². The molecule has 0 bridgehead atoms. The van der Waals surface area contributed by atoms with E-state index in [2.05, 4.69) is 47.4 Å². The molecule has 0 saturated carbocycles. The van der Waals surface area contributed by atoms with Gasteiger partial charge in [-0.3, -0.25) is 4.68 Å². The van der Waals surface area contributed by atoms with Crippen molar-refractivity contribution < 1.29 is 4.79 Å². The number of hydrogen-bond acceptors (Lipinski definition) is 3. The zero-order valence-corrected chi connectivity index (χ0v) is 16.1. The number of carbonyl (C=O) groups is 1. The second kappa shape index (κ2) is 6.95. The monoisotopic (exact) mass is 363 g/mol. The molecular formula is C21H25N5O. The van der Waals surface area contributed by atoms with Gasteiger partial charge in [-0.15, -0.1) is 0 Å². The number of urea groups is 1. The van der Waals surface area contributed by atoms with Crippen LogP contribution in [0.25, 0.3) is 10.9 Å².